The SMILES string of the molecule is COc1ccc(COCC[C@H]2C[C@@H](CC#C[C@H](CCC[C@H](CCC[C@H](CCCCO[Si](c3ccccc3)(c3ccccc3)C(C)(C)C)O[Si](C)(C)C(C)(C)C)O[Si](C)(C)C(C)(C)C)O[Si](C)(C)C(C)(C)C)OC(C)(C)O2)cc1. The third-order valence-electron chi connectivity index (χ3n) is 17.5. The molecule has 1 heterocycles. The summed E-state index contributed by atoms with van der Waals surface area (Å²) in [6.45, 7) is 48.5. The van der Waals surface area contributed by atoms with E-state index in [-0.39, 0.29) is 50.7 Å². The predicted molar refractivity (Wildman–Crippen MR) is 339 cm³/mol. The Morgan fingerprint density at radius 2 is 1.01 bits per heavy atom. The van der Waals surface area contributed by atoms with Crippen LogP contribution in [0.3, 0.4) is 0 Å². The molecule has 1 aliphatic heterocycles. The molecule has 78 heavy (non-hydrogen) atoms. The van der Waals surface area contributed by atoms with E-state index < -0.39 is 39.1 Å². The van der Waals surface area contributed by atoms with Crippen LogP contribution in [-0.2, 0) is 38.5 Å². The lowest BCUT2D eigenvalue weighted by Crippen LogP contribution is -2.66. The van der Waals surface area contributed by atoms with Gasteiger partial charge in [-0.15, -0.1) is 0 Å². The summed E-state index contributed by atoms with van der Waals surface area (Å²) in [4.78, 5) is 0. The largest absolute Gasteiger partial charge is 0.497 e. The van der Waals surface area contributed by atoms with Gasteiger partial charge in [-0.05, 0) is 166 Å². The van der Waals surface area contributed by atoms with Crippen LogP contribution in [-0.4, -0.2) is 89.9 Å². The highest BCUT2D eigenvalue weighted by Crippen LogP contribution is 2.42. The summed E-state index contributed by atoms with van der Waals surface area (Å²) in [7, 11) is -7.14. The van der Waals surface area contributed by atoms with E-state index in [1.165, 1.54) is 10.4 Å². The fraction of sp³-hybridized carbons (Fsp3) is 0.697. The number of methoxy groups -OCH3 is 1. The molecule has 12 heteroatoms. The van der Waals surface area contributed by atoms with Gasteiger partial charge in [0.2, 0.25) is 0 Å². The monoisotopic (exact) mass is 1140 g/mol. The molecule has 0 spiro atoms. The summed E-state index contributed by atoms with van der Waals surface area (Å²) < 4.78 is 53.4. The molecule has 0 bridgehead atoms. The minimum atomic E-state index is -2.60. The summed E-state index contributed by atoms with van der Waals surface area (Å²) in [5, 5.41) is 2.93. The molecular formula is C66H112O8Si4. The van der Waals surface area contributed by atoms with Crippen molar-refractivity contribution < 1.29 is 36.7 Å². The lowest BCUT2D eigenvalue weighted by atomic mass is 10.0. The number of ether oxygens (including phenoxy) is 4. The van der Waals surface area contributed by atoms with Crippen LogP contribution in [0.15, 0.2) is 84.9 Å². The van der Waals surface area contributed by atoms with Crippen molar-refractivity contribution in [3.63, 3.8) is 0 Å². The first kappa shape index (κ1) is 68.1. The lowest BCUT2D eigenvalue weighted by Gasteiger charge is -2.43. The van der Waals surface area contributed by atoms with Gasteiger partial charge in [-0.25, -0.2) is 0 Å². The van der Waals surface area contributed by atoms with Crippen LogP contribution < -0.4 is 15.1 Å². The minimum Gasteiger partial charge on any atom is -0.497 e. The number of hydrogen-bond acceptors (Lipinski definition) is 8. The van der Waals surface area contributed by atoms with E-state index in [0.29, 0.717) is 19.6 Å². The third kappa shape index (κ3) is 20.8. The first-order valence-electron chi connectivity index (χ1n) is 29.9. The number of hydrogen-bond donors (Lipinski definition) is 0. The van der Waals surface area contributed by atoms with Crippen LogP contribution in [0.2, 0.25) is 59.4 Å². The molecule has 0 saturated carbocycles. The standard InChI is InChI=1S/C66H112O8Si4/c1-62(2,3)75(16,17)72-55(33-28-29-49-69-78(65(10,11)12,60-40-24-22-25-41-60)61-42-26-23-27-43-61)34-30-35-56(73-76(18,19)63(4,5)6)36-31-37-57(74-77(20,21)64(7,8)9)38-32-39-58-51-59(71-66(13,14)70-58)48-50-68-52-53-44-46-54(67-15)47-45-53/h22-27,40-47,55-59H,28-31,33-37,39,48-52H2,1-21H3/t55-,56-,57-,58+,59-/m0/s1. The predicted octanol–water partition coefficient (Wildman–Crippen LogP) is 17.2. The smallest absolute Gasteiger partial charge is 0.261 e. The highest BCUT2D eigenvalue weighted by Gasteiger charge is 2.50. The maximum absolute atomic E-state index is 7.36. The summed E-state index contributed by atoms with van der Waals surface area (Å²) >= 11 is 0. The van der Waals surface area contributed by atoms with Gasteiger partial charge in [0.15, 0.2) is 30.7 Å². The Labute approximate surface area is 482 Å². The van der Waals surface area contributed by atoms with Gasteiger partial charge in [0.25, 0.3) is 8.32 Å². The molecule has 3 aromatic rings. The van der Waals surface area contributed by atoms with Crippen molar-refractivity contribution in [1.29, 1.82) is 0 Å². The van der Waals surface area contributed by atoms with E-state index in [4.69, 9.17) is 36.7 Å². The lowest BCUT2D eigenvalue weighted by molar-refractivity contribution is -0.300. The van der Waals surface area contributed by atoms with E-state index >= 15 is 0 Å². The number of unbranched alkanes of at least 4 members (excludes halogenated alkanes) is 1. The molecule has 1 fully saturated rings. The van der Waals surface area contributed by atoms with Gasteiger partial charge in [-0.2, -0.15) is 0 Å². The van der Waals surface area contributed by atoms with Crippen molar-refractivity contribution in [3.8, 4) is 17.6 Å². The molecule has 0 unspecified atom stereocenters. The maximum atomic E-state index is 7.36. The fourth-order valence-corrected chi connectivity index (χ4v) is 18.6. The van der Waals surface area contributed by atoms with Crippen LogP contribution >= 0.6 is 0 Å². The Balaban J connectivity index is 1.45. The zero-order valence-electron chi connectivity index (χ0n) is 53.3. The Morgan fingerprint density at radius 3 is 1.49 bits per heavy atom. The van der Waals surface area contributed by atoms with E-state index in [9.17, 15) is 0 Å². The normalized spacial score (nSPS) is 18.2. The van der Waals surface area contributed by atoms with Gasteiger partial charge in [-0.1, -0.05) is 168 Å². The Kier molecular flexibility index (Phi) is 25.5. The van der Waals surface area contributed by atoms with Gasteiger partial charge in [0, 0.05) is 38.3 Å². The molecule has 440 valence electrons. The van der Waals surface area contributed by atoms with Crippen LogP contribution in [0.5, 0.6) is 5.75 Å². The molecule has 1 saturated heterocycles. The van der Waals surface area contributed by atoms with Crippen LogP contribution in [0.25, 0.3) is 0 Å². The number of benzene rings is 3. The molecule has 5 atom stereocenters. The van der Waals surface area contributed by atoms with Crippen molar-refractivity contribution in [2.45, 2.75) is 276 Å². The third-order valence-corrected chi connectivity index (χ3v) is 36.1. The van der Waals surface area contributed by atoms with Crippen molar-refractivity contribution in [2.75, 3.05) is 20.3 Å². The molecule has 3 aromatic carbocycles. The van der Waals surface area contributed by atoms with Crippen molar-refractivity contribution >= 4 is 43.6 Å². The molecule has 0 aromatic heterocycles. The summed E-state index contributed by atoms with van der Waals surface area (Å²) in [5.74, 6) is 7.42. The maximum Gasteiger partial charge on any atom is 0.261 e. The zero-order valence-corrected chi connectivity index (χ0v) is 57.3. The molecule has 4 rings (SSSR count). The van der Waals surface area contributed by atoms with Crippen LogP contribution in [0, 0.1) is 11.8 Å². The summed E-state index contributed by atoms with van der Waals surface area (Å²) in [6, 6.07) is 30.1. The molecule has 8 nitrogen and oxygen atoms in total. The molecule has 0 N–H and O–H groups in total. The molecule has 0 aliphatic carbocycles. The molecular weight excluding hydrogens is 1030 g/mol. The second-order valence-electron chi connectivity index (χ2n) is 28.6. The zero-order chi connectivity index (χ0) is 58.3. The molecule has 0 radical (unpaired) electrons. The first-order valence-corrected chi connectivity index (χ1v) is 40.6. The highest BCUT2D eigenvalue weighted by molar-refractivity contribution is 6.99. The Bertz CT molecular complexity index is 2210. The van der Waals surface area contributed by atoms with Gasteiger partial charge in [0.1, 0.15) is 11.9 Å². The van der Waals surface area contributed by atoms with Gasteiger partial charge < -0.3 is 36.7 Å². The minimum absolute atomic E-state index is 0.0307. The number of rotatable bonds is 29. The van der Waals surface area contributed by atoms with Crippen molar-refractivity contribution in [1.82, 2.24) is 0 Å². The average Bonchev–Trinajstić information content (AvgIpc) is 3.34. The van der Waals surface area contributed by atoms with E-state index in [1.54, 1.807) is 7.11 Å². The second-order valence-corrected chi connectivity index (χ2v) is 47.1. The molecule has 1 aliphatic rings. The molecule has 0 amide bonds. The summed E-state index contributed by atoms with van der Waals surface area (Å²) in [6.07, 6.45) is 11.5. The van der Waals surface area contributed by atoms with E-state index in [1.807, 2.05) is 38.1 Å². The average molecular weight is 1150 g/mol. The Morgan fingerprint density at radius 1 is 0.551 bits per heavy atom. The first-order chi connectivity index (χ1) is 36.1. The second kappa shape index (κ2) is 29.2. The van der Waals surface area contributed by atoms with Crippen LogP contribution in [0.4, 0.5) is 0 Å². The quantitative estimate of drug-likeness (QED) is 0.0387. The van der Waals surface area contributed by atoms with Gasteiger partial charge >= 0.3 is 0 Å². The van der Waals surface area contributed by atoms with E-state index in [2.05, 4.69) is 195 Å². The topological polar surface area (TPSA) is 73.8 Å². The van der Waals surface area contributed by atoms with Crippen molar-refractivity contribution in [3.05, 3.63) is 90.5 Å². The van der Waals surface area contributed by atoms with E-state index in [0.717, 1.165) is 88.5 Å². The van der Waals surface area contributed by atoms with Gasteiger partial charge in [-0.3, -0.25) is 0 Å². The Hall–Kier alpha value is -2.39. The van der Waals surface area contributed by atoms with Crippen molar-refractivity contribution in [2.24, 2.45) is 0 Å². The fourth-order valence-electron chi connectivity index (χ4n) is 9.90. The highest BCUT2D eigenvalue weighted by atomic mass is 28.4. The summed E-state index contributed by atoms with van der Waals surface area (Å²) in [5.41, 5.74) is 1.12. The van der Waals surface area contributed by atoms with Crippen LogP contribution in [0.1, 0.15) is 180 Å². The van der Waals surface area contributed by atoms with Gasteiger partial charge in [0.05, 0.1) is 25.9 Å².